The van der Waals surface area contributed by atoms with Gasteiger partial charge in [-0.15, -0.1) is 22.7 Å². The maximum absolute atomic E-state index is 13.0. The van der Waals surface area contributed by atoms with Crippen molar-refractivity contribution in [1.82, 2.24) is 14.2 Å². The minimum Gasteiger partial charge on any atom is -0.301 e. The molecule has 0 saturated carbocycles. The molecule has 10 heteroatoms. The van der Waals surface area contributed by atoms with Crippen molar-refractivity contribution in [1.29, 1.82) is 0 Å². The predicted molar refractivity (Wildman–Crippen MR) is 126 cm³/mol. The summed E-state index contributed by atoms with van der Waals surface area (Å²) < 4.78 is 27.5. The summed E-state index contributed by atoms with van der Waals surface area (Å²) in [7, 11) is -3.65. The average molecular weight is 489 g/mol. The molecule has 0 aliphatic carbocycles. The van der Waals surface area contributed by atoms with Crippen LogP contribution in [0.4, 0.5) is 5.13 Å². The molecule has 1 amide bonds. The van der Waals surface area contributed by atoms with Crippen molar-refractivity contribution in [2.24, 2.45) is 0 Å². The van der Waals surface area contributed by atoms with E-state index in [9.17, 15) is 13.2 Å². The molecule has 3 aromatic rings. The molecular weight excluding hydrogens is 464 g/mol. The van der Waals surface area contributed by atoms with Crippen LogP contribution >= 0.6 is 22.7 Å². The first kappa shape index (κ1) is 21.7. The van der Waals surface area contributed by atoms with Crippen LogP contribution in [0.25, 0.3) is 0 Å². The van der Waals surface area contributed by atoms with Crippen LogP contribution in [0.3, 0.4) is 0 Å². The highest BCUT2D eigenvalue weighted by molar-refractivity contribution is 7.91. The fraction of sp³-hybridized carbons (Fsp3) is 0.364. The minimum absolute atomic E-state index is 0.278. The zero-order valence-corrected chi connectivity index (χ0v) is 19.9. The number of aromatic nitrogens is 1. The van der Waals surface area contributed by atoms with Crippen LogP contribution < -0.4 is 5.32 Å². The summed E-state index contributed by atoms with van der Waals surface area (Å²) in [5.41, 5.74) is 2.31. The van der Waals surface area contributed by atoms with Gasteiger partial charge in [-0.3, -0.25) is 9.69 Å². The normalized spacial score (nSPS) is 19.7. The van der Waals surface area contributed by atoms with Crippen molar-refractivity contribution < 1.29 is 13.2 Å². The number of rotatable bonds is 6. The number of sulfonamides is 1. The molecule has 2 aliphatic rings. The van der Waals surface area contributed by atoms with Crippen LogP contribution in [-0.4, -0.2) is 47.6 Å². The summed E-state index contributed by atoms with van der Waals surface area (Å²) >= 11 is 2.67. The van der Waals surface area contributed by atoms with E-state index < -0.39 is 16.1 Å². The number of nitrogens with zero attached hydrogens (tertiary/aromatic N) is 3. The molecule has 1 saturated heterocycles. The molecular formula is C22H24N4O3S3. The monoisotopic (exact) mass is 488 g/mol. The largest absolute Gasteiger partial charge is 0.301 e. The molecule has 0 spiro atoms. The van der Waals surface area contributed by atoms with Gasteiger partial charge in [0.2, 0.25) is 5.91 Å². The SMILES string of the molecule is O=C(Nc1nc2c(s1)CN(Cc1ccccc1)CC2)C1CCCN1S(=O)(=O)c1cccs1. The number of thiophene rings is 1. The van der Waals surface area contributed by atoms with Gasteiger partial charge in [0.05, 0.1) is 5.69 Å². The van der Waals surface area contributed by atoms with Crippen LogP contribution in [-0.2, 0) is 34.3 Å². The minimum atomic E-state index is -3.65. The topological polar surface area (TPSA) is 82.6 Å². The summed E-state index contributed by atoms with van der Waals surface area (Å²) in [5, 5.41) is 5.19. The molecule has 2 aromatic heterocycles. The Morgan fingerprint density at radius 3 is 2.78 bits per heavy atom. The smallest absolute Gasteiger partial charge is 0.253 e. The third kappa shape index (κ3) is 4.38. The number of carbonyl (C=O) groups excluding carboxylic acids is 1. The van der Waals surface area contributed by atoms with Crippen molar-refractivity contribution in [3.8, 4) is 0 Å². The fourth-order valence-electron chi connectivity index (χ4n) is 4.28. The van der Waals surface area contributed by atoms with Gasteiger partial charge in [-0.25, -0.2) is 13.4 Å². The van der Waals surface area contributed by atoms with Crippen molar-refractivity contribution in [3.63, 3.8) is 0 Å². The van der Waals surface area contributed by atoms with E-state index in [0.29, 0.717) is 24.5 Å². The van der Waals surface area contributed by atoms with E-state index in [1.54, 1.807) is 17.5 Å². The summed E-state index contributed by atoms with van der Waals surface area (Å²) in [6.07, 6.45) is 2.04. The third-order valence-corrected chi connectivity index (χ3v) is 10.1. The summed E-state index contributed by atoms with van der Waals surface area (Å²) in [5.74, 6) is -0.296. The Balaban J connectivity index is 1.26. The number of thiazole rings is 1. The van der Waals surface area contributed by atoms with Crippen molar-refractivity contribution in [2.45, 2.75) is 42.6 Å². The van der Waals surface area contributed by atoms with Crippen LogP contribution in [0, 0.1) is 0 Å². The maximum Gasteiger partial charge on any atom is 0.253 e. The van der Waals surface area contributed by atoms with E-state index in [1.807, 2.05) is 6.07 Å². The van der Waals surface area contributed by atoms with Gasteiger partial charge in [0.25, 0.3) is 10.0 Å². The second kappa shape index (κ2) is 9.03. The average Bonchev–Trinajstić information content (AvgIpc) is 3.54. The second-order valence-electron chi connectivity index (χ2n) is 8.03. The first-order valence-corrected chi connectivity index (χ1v) is 13.8. The molecule has 7 nitrogen and oxygen atoms in total. The van der Waals surface area contributed by atoms with Gasteiger partial charge in [0.1, 0.15) is 10.3 Å². The second-order valence-corrected chi connectivity index (χ2v) is 12.2. The molecule has 0 bridgehead atoms. The van der Waals surface area contributed by atoms with Gasteiger partial charge >= 0.3 is 0 Å². The molecule has 1 unspecified atom stereocenters. The number of carbonyl (C=O) groups is 1. The molecule has 5 rings (SSSR count). The first-order chi connectivity index (χ1) is 15.5. The van der Waals surface area contributed by atoms with E-state index in [2.05, 4.69) is 39.5 Å². The van der Waals surface area contributed by atoms with E-state index in [1.165, 1.54) is 32.5 Å². The molecule has 0 radical (unpaired) electrons. The van der Waals surface area contributed by atoms with Crippen LogP contribution in [0.2, 0.25) is 0 Å². The Kier molecular flexibility index (Phi) is 6.13. The molecule has 2 aliphatic heterocycles. The molecule has 4 heterocycles. The number of nitrogens with one attached hydrogen (secondary N) is 1. The van der Waals surface area contributed by atoms with Gasteiger partial charge in [-0.05, 0) is 29.9 Å². The maximum atomic E-state index is 13.0. The highest BCUT2D eigenvalue weighted by atomic mass is 32.2. The van der Waals surface area contributed by atoms with Crippen molar-refractivity contribution in [3.05, 3.63) is 64.0 Å². The number of benzene rings is 1. The number of fused-ring (bicyclic) bond motifs is 1. The van der Waals surface area contributed by atoms with E-state index in [-0.39, 0.29) is 10.1 Å². The quantitative estimate of drug-likeness (QED) is 0.574. The van der Waals surface area contributed by atoms with Gasteiger partial charge in [-0.1, -0.05) is 36.4 Å². The van der Waals surface area contributed by atoms with Gasteiger partial charge in [-0.2, -0.15) is 4.31 Å². The van der Waals surface area contributed by atoms with Gasteiger partial charge in [0, 0.05) is 37.5 Å². The number of hydrogen-bond donors (Lipinski definition) is 1. The molecule has 1 fully saturated rings. The van der Waals surface area contributed by atoms with Gasteiger partial charge in [0.15, 0.2) is 5.13 Å². The Morgan fingerprint density at radius 2 is 2.00 bits per heavy atom. The Labute approximate surface area is 195 Å². The highest BCUT2D eigenvalue weighted by Gasteiger charge is 2.40. The Bertz CT molecular complexity index is 1190. The lowest BCUT2D eigenvalue weighted by atomic mass is 10.1. The molecule has 168 valence electrons. The van der Waals surface area contributed by atoms with Crippen LogP contribution in [0.5, 0.6) is 0 Å². The van der Waals surface area contributed by atoms with E-state index in [4.69, 9.17) is 0 Å². The molecule has 1 aromatic carbocycles. The summed E-state index contributed by atoms with van der Waals surface area (Å²) in [4.78, 5) is 21.2. The number of anilines is 1. The van der Waals surface area contributed by atoms with Crippen LogP contribution in [0.1, 0.15) is 29.0 Å². The Hall–Kier alpha value is -2.11. The summed E-state index contributed by atoms with van der Waals surface area (Å²) in [6.45, 7) is 2.98. The van der Waals surface area contributed by atoms with Gasteiger partial charge < -0.3 is 5.32 Å². The first-order valence-electron chi connectivity index (χ1n) is 10.6. The third-order valence-electron chi connectivity index (χ3n) is 5.85. The highest BCUT2D eigenvalue weighted by Crippen LogP contribution is 2.32. The Morgan fingerprint density at radius 1 is 1.16 bits per heavy atom. The lowest BCUT2D eigenvalue weighted by Gasteiger charge is -2.25. The lowest BCUT2D eigenvalue weighted by Crippen LogP contribution is -2.42. The predicted octanol–water partition coefficient (Wildman–Crippen LogP) is 3.55. The molecule has 1 atom stereocenters. The fourth-order valence-corrected chi connectivity index (χ4v) is 8.11. The van der Waals surface area contributed by atoms with E-state index in [0.717, 1.165) is 36.6 Å². The molecule has 32 heavy (non-hydrogen) atoms. The van der Waals surface area contributed by atoms with Crippen molar-refractivity contribution in [2.75, 3.05) is 18.4 Å². The standard InChI is InChI=1S/C22H24N4O3S3/c27-21(18-8-4-11-26(18)32(28,29)20-9-5-13-30-20)24-22-23-17-10-12-25(15-19(17)31-22)14-16-6-2-1-3-7-16/h1-3,5-7,9,13,18H,4,8,10-12,14-15H2,(H,23,24,27). The molecule has 1 N–H and O–H groups in total. The van der Waals surface area contributed by atoms with E-state index >= 15 is 0 Å². The zero-order chi connectivity index (χ0) is 22.1. The van der Waals surface area contributed by atoms with Crippen molar-refractivity contribution >= 4 is 43.7 Å². The zero-order valence-electron chi connectivity index (χ0n) is 17.4. The summed E-state index contributed by atoms with van der Waals surface area (Å²) in [6, 6.07) is 13.0. The number of amides is 1. The number of hydrogen-bond acceptors (Lipinski definition) is 7. The lowest BCUT2D eigenvalue weighted by molar-refractivity contribution is -0.119. The van der Waals surface area contributed by atoms with Crippen LogP contribution in [0.15, 0.2) is 52.1 Å².